The third-order valence-electron chi connectivity index (χ3n) is 5.40. The average molecular weight is 453 g/mol. The number of carbonyl (C=O) groups excluding carboxylic acids is 3. The van der Waals surface area contributed by atoms with Gasteiger partial charge in [0.05, 0.1) is 18.3 Å². The molecule has 0 aromatic carbocycles. The molecule has 2 aromatic heterocycles. The fraction of sp³-hybridized carbons (Fsp3) is 0.478. The first kappa shape index (κ1) is 22.6. The zero-order valence-electron chi connectivity index (χ0n) is 19.1. The Morgan fingerprint density at radius 1 is 1.18 bits per heavy atom. The number of carbonyl (C=O) groups is 3. The molecule has 0 aliphatic carbocycles. The molecule has 1 N–H and O–H groups in total. The Hall–Kier alpha value is -3.58. The topological polar surface area (TPSA) is 99.5 Å². The summed E-state index contributed by atoms with van der Waals surface area (Å²) in [5, 5.41) is 2.33. The van der Waals surface area contributed by atoms with E-state index in [9.17, 15) is 14.4 Å². The summed E-state index contributed by atoms with van der Waals surface area (Å²) in [6.45, 7) is 9.15. The van der Waals surface area contributed by atoms with Crippen LogP contribution in [0.15, 0.2) is 24.5 Å². The maximum Gasteiger partial charge on any atom is 0.410 e. The van der Waals surface area contributed by atoms with Gasteiger partial charge in [0.2, 0.25) is 5.91 Å². The molecular weight excluding hydrogens is 424 g/mol. The Balaban J connectivity index is 1.39. The van der Waals surface area contributed by atoms with Crippen LogP contribution in [0.25, 0.3) is 5.65 Å². The van der Waals surface area contributed by atoms with Gasteiger partial charge in [-0.15, -0.1) is 0 Å². The van der Waals surface area contributed by atoms with Gasteiger partial charge in [-0.25, -0.2) is 14.6 Å². The second-order valence-corrected chi connectivity index (χ2v) is 9.03. The smallest absolute Gasteiger partial charge is 0.410 e. The van der Waals surface area contributed by atoms with Crippen LogP contribution >= 0.6 is 0 Å². The van der Waals surface area contributed by atoms with Gasteiger partial charge >= 0.3 is 12.1 Å². The summed E-state index contributed by atoms with van der Waals surface area (Å²) in [4.78, 5) is 45.7. The van der Waals surface area contributed by atoms with Gasteiger partial charge < -0.3 is 9.64 Å². The van der Waals surface area contributed by atoms with Crippen molar-refractivity contribution in [1.82, 2.24) is 24.5 Å². The molecule has 0 radical (unpaired) electrons. The van der Waals surface area contributed by atoms with Gasteiger partial charge in [0.25, 0.3) is 0 Å². The Bertz CT molecular complexity index is 1130. The SMILES string of the molecule is CC(C)(C)OC(=O)N1CCN(CC#Cc2cccn3c(N4CCC(=O)NC4=O)cnc23)CC1. The van der Waals surface area contributed by atoms with Crippen molar-refractivity contribution >= 4 is 29.5 Å². The van der Waals surface area contributed by atoms with Gasteiger partial charge in [0.1, 0.15) is 11.4 Å². The Morgan fingerprint density at radius 2 is 1.94 bits per heavy atom. The van der Waals surface area contributed by atoms with Crippen LogP contribution in [0.3, 0.4) is 0 Å². The van der Waals surface area contributed by atoms with Gasteiger partial charge in [0, 0.05) is 45.3 Å². The predicted octanol–water partition coefficient (Wildman–Crippen LogP) is 1.68. The molecule has 2 aliphatic heterocycles. The number of amides is 4. The number of ether oxygens (including phenoxy) is 1. The van der Waals surface area contributed by atoms with Crippen LogP contribution in [-0.4, -0.2) is 82.1 Å². The number of imide groups is 1. The summed E-state index contributed by atoms with van der Waals surface area (Å²) in [6, 6.07) is 3.30. The number of urea groups is 1. The largest absolute Gasteiger partial charge is 0.444 e. The molecule has 2 aromatic rings. The van der Waals surface area contributed by atoms with Crippen LogP contribution in [0, 0.1) is 11.8 Å². The highest BCUT2D eigenvalue weighted by atomic mass is 16.6. The zero-order chi connectivity index (χ0) is 23.6. The maximum atomic E-state index is 12.2. The number of aromatic nitrogens is 2. The summed E-state index contributed by atoms with van der Waals surface area (Å²) in [5.41, 5.74) is 0.909. The molecule has 4 heterocycles. The van der Waals surface area contributed by atoms with E-state index in [-0.39, 0.29) is 18.4 Å². The van der Waals surface area contributed by atoms with Crippen LogP contribution in [0.5, 0.6) is 0 Å². The van der Waals surface area contributed by atoms with Gasteiger partial charge in [-0.05, 0) is 32.9 Å². The van der Waals surface area contributed by atoms with Crippen LogP contribution in [0.4, 0.5) is 15.4 Å². The molecule has 2 fully saturated rings. The number of nitrogens with one attached hydrogen (secondary N) is 1. The lowest BCUT2D eigenvalue weighted by molar-refractivity contribution is -0.120. The number of hydrogen-bond acceptors (Lipinski definition) is 6. The van der Waals surface area contributed by atoms with E-state index in [1.165, 1.54) is 4.90 Å². The van der Waals surface area contributed by atoms with Gasteiger partial charge in [0.15, 0.2) is 5.65 Å². The van der Waals surface area contributed by atoms with Crippen molar-refractivity contribution in [2.45, 2.75) is 32.8 Å². The average Bonchev–Trinajstić information content (AvgIpc) is 3.18. The molecule has 0 bridgehead atoms. The van der Waals surface area contributed by atoms with Crippen LogP contribution in [0.2, 0.25) is 0 Å². The molecule has 2 aliphatic rings. The molecule has 10 nitrogen and oxygen atoms in total. The summed E-state index contributed by atoms with van der Waals surface area (Å²) >= 11 is 0. The van der Waals surface area contributed by atoms with E-state index >= 15 is 0 Å². The molecule has 2 saturated heterocycles. The molecule has 4 amide bonds. The van der Waals surface area contributed by atoms with E-state index in [4.69, 9.17) is 4.74 Å². The summed E-state index contributed by atoms with van der Waals surface area (Å²) in [6.07, 6.45) is 3.41. The molecule has 0 unspecified atom stereocenters. The highest BCUT2D eigenvalue weighted by Crippen LogP contribution is 2.21. The van der Waals surface area contributed by atoms with E-state index in [2.05, 4.69) is 27.0 Å². The van der Waals surface area contributed by atoms with Crippen molar-refractivity contribution in [2.24, 2.45) is 0 Å². The number of pyridine rings is 1. The number of imidazole rings is 1. The van der Waals surface area contributed by atoms with Gasteiger partial charge in [-0.3, -0.25) is 24.3 Å². The standard InChI is InChI=1S/C23H28N6O4/c1-23(2,3)33-22(32)27-14-12-26(13-15-27)9-4-6-17-7-5-10-28-19(16-24-20(17)28)29-11-8-18(30)25-21(29)31/h5,7,10,16H,8-9,11-15H2,1-3H3,(H,25,30,31). The van der Waals surface area contributed by atoms with E-state index in [0.29, 0.717) is 37.6 Å². The van der Waals surface area contributed by atoms with Crippen molar-refractivity contribution in [3.8, 4) is 11.8 Å². The maximum absolute atomic E-state index is 12.2. The normalized spacial score (nSPS) is 17.5. The highest BCUT2D eigenvalue weighted by molar-refractivity contribution is 6.05. The van der Waals surface area contributed by atoms with Gasteiger partial charge in [-0.2, -0.15) is 0 Å². The Labute approximate surface area is 192 Å². The third-order valence-corrected chi connectivity index (χ3v) is 5.40. The number of rotatable bonds is 2. The molecule has 174 valence electrons. The first-order valence-electron chi connectivity index (χ1n) is 11.0. The fourth-order valence-electron chi connectivity index (χ4n) is 3.74. The molecule has 0 saturated carbocycles. The van der Waals surface area contributed by atoms with Crippen molar-refractivity contribution in [3.05, 3.63) is 30.1 Å². The first-order chi connectivity index (χ1) is 15.7. The minimum atomic E-state index is -0.497. The zero-order valence-corrected chi connectivity index (χ0v) is 19.1. The number of nitrogens with zero attached hydrogens (tertiary/aromatic N) is 5. The minimum absolute atomic E-state index is 0.250. The van der Waals surface area contributed by atoms with Crippen molar-refractivity contribution in [3.63, 3.8) is 0 Å². The van der Waals surface area contributed by atoms with E-state index in [1.54, 1.807) is 15.5 Å². The van der Waals surface area contributed by atoms with E-state index in [0.717, 1.165) is 18.7 Å². The predicted molar refractivity (Wildman–Crippen MR) is 122 cm³/mol. The third kappa shape index (κ3) is 5.26. The second kappa shape index (κ2) is 9.11. The summed E-state index contributed by atoms with van der Waals surface area (Å²) in [5.74, 6) is 6.70. The molecule has 4 rings (SSSR count). The lowest BCUT2D eigenvalue weighted by Crippen LogP contribution is -2.50. The van der Waals surface area contributed by atoms with Crippen LogP contribution in [-0.2, 0) is 9.53 Å². The van der Waals surface area contributed by atoms with E-state index in [1.807, 2.05) is 39.1 Å². The van der Waals surface area contributed by atoms with E-state index < -0.39 is 11.6 Å². The summed E-state index contributed by atoms with van der Waals surface area (Å²) < 4.78 is 7.24. The van der Waals surface area contributed by atoms with Crippen molar-refractivity contribution < 1.29 is 19.1 Å². The highest BCUT2D eigenvalue weighted by Gasteiger charge is 2.27. The van der Waals surface area contributed by atoms with Crippen LogP contribution < -0.4 is 10.2 Å². The second-order valence-electron chi connectivity index (χ2n) is 9.03. The first-order valence-corrected chi connectivity index (χ1v) is 11.0. The molecular formula is C23H28N6O4. The van der Waals surface area contributed by atoms with Crippen LogP contribution in [0.1, 0.15) is 32.8 Å². The molecule has 33 heavy (non-hydrogen) atoms. The number of anilines is 1. The quantitative estimate of drug-likeness (QED) is 0.696. The number of piperazine rings is 1. The van der Waals surface area contributed by atoms with Gasteiger partial charge in [-0.1, -0.05) is 11.8 Å². The van der Waals surface area contributed by atoms with Crippen molar-refractivity contribution in [1.29, 1.82) is 0 Å². The minimum Gasteiger partial charge on any atom is -0.444 e. The lowest BCUT2D eigenvalue weighted by atomic mass is 10.2. The Kier molecular flexibility index (Phi) is 6.24. The summed E-state index contributed by atoms with van der Waals surface area (Å²) in [7, 11) is 0. The molecule has 0 spiro atoms. The number of fused-ring (bicyclic) bond motifs is 1. The monoisotopic (exact) mass is 452 g/mol. The lowest BCUT2D eigenvalue weighted by Gasteiger charge is -2.34. The fourth-order valence-corrected chi connectivity index (χ4v) is 3.74. The Morgan fingerprint density at radius 3 is 2.64 bits per heavy atom. The molecule has 10 heteroatoms. The van der Waals surface area contributed by atoms with Crippen molar-refractivity contribution in [2.75, 3.05) is 44.2 Å². The molecule has 0 atom stereocenters. The number of hydrogen-bond donors (Lipinski definition) is 1.